The van der Waals surface area contributed by atoms with Gasteiger partial charge in [-0.3, -0.25) is 34.1 Å². The third-order valence-electron chi connectivity index (χ3n) is 17.7. The molecule has 9 N–H and O–H groups in total. The molecule has 2 aromatic rings. The van der Waals surface area contributed by atoms with Crippen LogP contribution in [0.2, 0.25) is 5.02 Å². The first-order valence-electron chi connectivity index (χ1n) is 32.7. The van der Waals surface area contributed by atoms with Crippen LogP contribution in [0, 0.1) is 11.8 Å². The van der Waals surface area contributed by atoms with Gasteiger partial charge in [-0.05, 0) is 94.1 Å². The monoisotopic (exact) mass is 1430 g/mol. The van der Waals surface area contributed by atoms with Crippen molar-refractivity contribution in [3.63, 3.8) is 0 Å². The smallest absolute Gasteiger partial charge is 0.409 e. The molecule has 5 aliphatic rings. The number of esters is 1. The minimum Gasteiger partial charge on any atom is -0.495 e. The number of hydrogen-bond donors (Lipinski definition) is 8. The molecule has 0 saturated carbocycles. The second-order valence-corrected chi connectivity index (χ2v) is 26.1. The first-order valence-corrected chi connectivity index (χ1v) is 33.5. The van der Waals surface area contributed by atoms with Gasteiger partial charge in [0, 0.05) is 78.1 Å². The quantitative estimate of drug-likeness (QED) is 0.0209. The summed E-state index contributed by atoms with van der Waals surface area (Å²) in [5, 5.41) is 29.5. The number of fused-ring (bicyclic) bond motifs is 5. The molecule has 10 atom stereocenters. The number of rotatable bonds is 27. The van der Waals surface area contributed by atoms with Crippen LogP contribution >= 0.6 is 23.8 Å². The molecule has 0 aliphatic carbocycles. The molecule has 5 aliphatic heterocycles. The van der Waals surface area contributed by atoms with Crippen LogP contribution in [0.15, 0.2) is 54.1 Å². The lowest BCUT2D eigenvalue weighted by atomic mass is 9.83. The predicted octanol–water partition coefficient (Wildman–Crippen LogP) is 3.06. The van der Waals surface area contributed by atoms with E-state index in [0.717, 1.165) is 11.1 Å². The topological polar surface area (TPSA) is 388 Å². The number of aliphatic hydroxyl groups is 1. The Labute approximate surface area is 585 Å². The summed E-state index contributed by atoms with van der Waals surface area (Å²) in [6, 6.07) is 3.87. The summed E-state index contributed by atoms with van der Waals surface area (Å²) in [5.74, 6) is -5.93. The van der Waals surface area contributed by atoms with Gasteiger partial charge >= 0.3 is 24.1 Å². The number of nitrogens with two attached hydrogens (primary N) is 1. The molecular formula is C66H92ClN11O20S. The number of anilines is 3. The first-order chi connectivity index (χ1) is 47.0. The van der Waals surface area contributed by atoms with Gasteiger partial charge in [-0.1, -0.05) is 56.2 Å². The molecule has 0 spiro atoms. The highest BCUT2D eigenvalue weighted by Crippen LogP contribution is 2.49. The lowest BCUT2D eigenvalue weighted by Crippen LogP contribution is -2.63. The van der Waals surface area contributed by atoms with Crippen molar-refractivity contribution in [3.05, 3.63) is 70.3 Å². The van der Waals surface area contributed by atoms with E-state index in [1.165, 1.54) is 57.2 Å². The highest BCUT2D eigenvalue weighted by molar-refractivity contribution is 7.80. The number of hydrogen-bond acceptors (Lipinski definition) is 22. The number of likely N-dealkylation sites (N-methyl/N-ethyl adjacent to an activating group) is 1. The summed E-state index contributed by atoms with van der Waals surface area (Å²) in [4.78, 5) is 142. The molecule has 2 aromatic carbocycles. The van der Waals surface area contributed by atoms with Gasteiger partial charge in [0.05, 0.1) is 82.8 Å². The number of thiocarbonyl (C=S) groups is 1. The number of benzene rings is 2. The Morgan fingerprint density at radius 1 is 0.919 bits per heavy atom. The lowest BCUT2D eigenvalue weighted by Gasteiger charge is -2.42. The Morgan fingerprint density at radius 3 is 2.28 bits per heavy atom. The zero-order valence-electron chi connectivity index (χ0n) is 57.4. The number of epoxide rings is 1. The van der Waals surface area contributed by atoms with Crippen LogP contribution < -0.4 is 52.2 Å². The van der Waals surface area contributed by atoms with Gasteiger partial charge in [-0.15, -0.1) is 5.06 Å². The zero-order valence-corrected chi connectivity index (χ0v) is 59.0. The first kappa shape index (κ1) is 78.1. The molecule has 4 fully saturated rings. The SMILES string of the molecule is COc1cc2cc(c1Cl)N(C)C(=O)C[C@H](OC(=O)[C@H](C)N(C)C(=O)c1ccc(NC(=O)[C@H](CCCNC(N)=O)NC(=O)[C@@H](NC(=S)NCCOCCOCCC(=O)ON3C(=O)CCC3=O)C(C)C)c(N3CCOCC3)c1)[C@]1(C)O[C@H]1[C@H](C)[C@@H]1C[C@@](O)(NC(=O)O1)[C@H](OC)/C=C/C=C(\C)C2. The van der Waals surface area contributed by atoms with Gasteiger partial charge in [0.2, 0.25) is 17.7 Å². The fourth-order valence-electron chi connectivity index (χ4n) is 11.7. The molecule has 4 bridgehead atoms. The van der Waals surface area contributed by atoms with E-state index in [-0.39, 0.29) is 105 Å². The zero-order chi connectivity index (χ0) is 72.5. The van der Waals surface area contributed by atoms with E-state index >= 15 is 0 Å². The summed E-state index contributed by atoms with van der Waals surface area (Å²) in [7, 11) is 5.80. The van der Waals surface area contributed by atoms with E-state index in [9.17, 15) is 53.1 Å². The molecule has 99 heavy (non-hydrogen) atoms. The standard InChI is InChI=1S/C66H92ClN11O20S/c1-37(2)56(73-63(99)70-22-26-93-30-29-92-25-20-54(82)98-78-51(79)18-19-52(78)80)59(84)72-44(14-12-21-69-62(68)87)58(83)71-43-17-16-42(34-45(43)77-23-27-94-28-24-77)60(85)75(7)40(5)61(86)96-50-35-53(81)76(8)46-32-41(33-47(90-9)55(46)67)31-38(3)13-11-15-49(91-10)66(89)36-48(95-64(88)74-66)39(4)57-65(50,6)97-57/h11,13,15-17,32-34,37,39-40,44,48-50,56-57,89H,12,14,18-31,35-36H2,1-10H3,(H,71,83)(H,72,84)(H,74,88)(H3,68,69,87)(H2,70,73,99)/b15-11+,38-13+/t39-,40+,44+,48+,49-,50+,56+,57+,65+,66+/m1/s1. The summed E-state index contributed by atoms with van der Waals surface area (Å²) in [6.07, 6.45) is -0.0498. The predicted molar refractivity (Wildman–Crippen MR) is 363 cm³/mol. The average Bonchev–Trinajstić information content (AvgIpc) is 1.58. The molecule has 0 unspecified atom stereocenters. The van der Waals surface area contributed by atoms with Gasteiger partial charge in [0.1, 0.15) is 52.8 Å². The van der Waals surface area contributed by atoms with Crippen molar-refractivity contribution in [1.82, 2.24) is 36.5 Å². The molecule has 544 valence electrons. The fourth-order valence-corrected chi connectivity index (χ4v) is 12.3. The maximum absolute atomic E-state index is 14.7. The van der Waals surface area contributed by atoms with Gasteiger partial charge in [-0.2, -0.15) is 0 Å². The van der Waals surface area contributed by atoms with Crippen LogP contribution in [0.25, 0.3) is 0 Å². The fraction of sp³-hybridized carbons (Fsp3) is 0.591. The number of amides is 9. The van der Waals surface area contributed by atoms with Crippen LogP contribution in [-0.2, 0) is 78.0 Å². The third kappa shape index (κ3) is 20.9. The molecule has 31 nitrogen and oxygen atoms in total. The van der Waals surface area contributed by atoms with Gasteiger partial charge < -0.3 is 94.9 Å². The lowest BCUT2D eigenvalue weighted by molar-refractivity contribution is -0.198. The minimum atomic E-state index is -1.93. The van der Waals surface area contributed by atoms with E-state index in [2.05, 4.69) is 31.9 Å². The highest BCUT2D eigenvalue weighted by Gasteiger charge is 2.64. The maximum Gasteiger partial charge on any atom is 0.409 e. The number of morpholine rings is 1. The number of carbonyl (C=O) groups is 10. The number of ether oxygens (including phenoxy) is 8. The molecular weight excluding hydrogens is 1330 g/mol. The van der Waals surface area contributed by atoms with Crippen LogP contribution in [0.3, 0.4) is 0 Å². The average molecular weight is 1430 g/mol. The number of allylic oxidation sites excluding steroid dienone is 3. The summed E-state index contributed by atoms with van der Waals surface area (Å²) < 4.78 is 46.5. The van der Waals surface area contributed by atoms with E-state index in [1.54, 1.807) is 58.0 Å². The Hall–Kier alpha value is -8.24. The normalized spacial score (nSPS) is 24.3. The van der Waals surface area contributed by atoms with Crippen molar-refractivity contribution >= 4 is 105 Å². The molecule has 0 aromatic heterocycles. The van der Waals surface area contributed by atoms with Crippen molar-refractivity contribution in [1.29, 1.82) is 0 Å². The minimum absolute atomic E-state index is 0.0151. The number of halogens is 1. The van der Waals surface area contributed by atoms with E-state index in [4.69, 9.17) is 72.3 Å². The second-order valence-electron chi connectivity index (χ2n) is 25.3. The number of nitrogens with zero attached hydrogens (tertiary/aromatic N) is 4. The van der Waals surface area contributed by atoms with E-state index < -0.39 is 126 Å². The number of hydroxylamine groups is 2. The Balaban J connectivity index is 1.04. The number of nitrogens with one attached hydrogen (secondary N) is 6. The van der Waals surface area contributed by atoms with Gasteiger partial charge in [0.25, 0.3) is 17.7 Å². The number of imide groups is 1. The number of carbonyl (C=O) groups excluding carboxylic acids is 10. The van der Waals surface area contributed by atoms with Crippen molar-refractivity contribution in [2.75, 3.05) is 109 Å². The second kappa shape index (κ2) is 35.7. The van der Waals surface area contributed by atoms with Crippen molar-refractivity contribution in [2.45, 2.75) is 147 Å². The summed E-state index contributed by atoms with van der Waals surface area (Å²) in [6.45, 7) is 12.4. The molecule has 7 rings (SSSR count). The van der Waals surface area contributed by atoms with Crippen molar-refractivity contribution < 1.29 is 95.8 Å². The highest BCUT2D eigenvalue weighted by atomic mass is 35.5. The number of methoxy groups -OCH3 is 2. The van der Waals surface area contributed by atoms with Crippen LogP contribution in [0.1, 0.15) is 102 Å². The largest absolute Gasteiger partial charge is 0.495 e. The molecule has 4 saturated heterocycles. The Bertz CT molecular complexity index is 3360. The number of primary amides is 1. The van der Waals surface area contributed by atoms with Crippen LogP contribution in [0.4, 0.5) is 26.7 Å². The van der Waals surface area contributed by atoms with Crippen molar-refractivity contribution in [3.8, 4) is 5.75 Å². The molecule has 9 amide bonds. The van der Waals surface area contributed by atoms with E-state index in [1.807, 2.05) is 17.9 Å². The van der Waals surface area contributed by atoms with Gasteiger partial charge in [-0.25, -0.2) is 19.2 Å². The Kier molecular flexibility index (Phi) is 28.2. The Morgan fingerprint density at radius 2 is 1.62 bits per heavy atom. The summed E-state index contributed by atoms with van der Waals surface area (Å²) >= 11 is 12.4. The van der Waals surface area contributed by atoms with Crippen LogP contribution in [0.5, 0.6) is 5.75 Å². The third-order valence-corrected chi connectivity index (χ3v) is 18.3. The van der Waals surface area contributed by atoms with Crippen LogP contribution in [-0.4, -0.2) is 228 Å². The number of urea groups is 1. The summed E-state index contributed by atoms with van der Waals surface area (Å²) in [5.41, 5.74) is 4.73. The number of alkyl carbamates (subject to hydrolysis) is 1. The van der Waals surface area contributed by atoms with Gasteiger partial charge in [0.15, 0.2) is 10.8 Å². The maximum atomic E-state index is 14.7. The molecule has 0 radical (unpaired) electrons. The van der Waals surface area contributed by atoms with Crippen molar-refractivity contribution in [2.24, 2.45) is 17.6 Å². The molecule has 5 heterocycles. The molecule has 33 heteroatoms. The van der Waals surface area contributed by atoms with E-state index in [0.29, 0.717) is 54.9 Å².